The van der Waals surface area contributed by atoms with Crippen LogP contribution in [0.1, 0.15) is 19.3 Å². The lowest BCUT2D eigenvalue weighted by atomic mass is 9.69. The number of anilines is 1. The highest BCUT2D eigenvalue weighted by molar-refractivity contribution is 5.90. The first-order valence-electron chi connectivity index (χ1n) is 6.16. The van der Waals surface area contributed by atoms with Gasteiger partial charge in [0.05, 0.1) is 11.1 Å². The topological polar surface area (TPSA) is 78.4 Å². The number of halogens is 2. The Balaban J connectivity index is 1.93. The molecule has 2 rings (SSSR count). The molecule has 1 aliphatic carbocycles. The SMILES string of the molecule is O=C(NCC1(C(=O)O)CCC1)Nc1cc(F)ccc1F. The first-order valence-corrected chi connectivity index (χ1v) is 6.16. The van der Waals surface area contributed by atoms with Crippen molar-refractivity contribution in [1.82, 2.24) is 5.32 Å². The van der Waals surface area contributed by atoms with Crippen LogP contribution < -0.4 is 10.6 Å². The molecular weight excluding hydrogens is 270 g/mol. The minimum absolute atomic E-state index is 0.0366. The number of rotatable bonds is 4. The molecule has 1 saturated carbocycles. The van der Waals surface area contributed by atoms with Crippen LogP contribution in [0.3, 0.4) is 0 Å². The van der Waals surface area contributed by atoms with Gasteiger partial charge in [0.25, 0.3) is 0 Å². The molecule has 0 saturated heterocycles. The van der Waals surface area contributed by atoms with Crippen molar-refractivity contribution in [2.75, 3.05) is 11.9 Å². The van der Waals surface area contributed by atoms with E-state index < -0.39 is 29.0 Å². The zero-order chi connectivity index (χ0) is 14.8. The highest BCUT2D eigenvalue weighted by Gasteiger charge is 2.44. The van der Waals surface area contributed by atoms with E-state index in [9.17, 15) is 18.4 Å². The minimum Gasteiger partial charge on any atom is -0.481 e. The van der Waals surface area contributed by atoms with Gasteiger partial charge in [-0.1, -0.05) is 6.42 Å². The molecule has 1 aliphatic rings. The molecule has 0 radical (unpaired) electrons. The van der Waals surface area contributed by atoms with Crippen LogP contribution in [-0.2, 0) is 4.79 Å². The summed E-state index contributed by atoms with van der Waals surface area (Å²) in [5.74, 6) is -2.40. The molecule has 5 nitrogen and oxygen atoms in total. The number of urea groups is 1. The van der Waals surface area contributed by atoms with Gasteiger partial charge in [-0.3, -0.25) is 4.79 Å². The number of benzene rings is 1. The standard InChI is InChI=1S/C13H14F2N2O3/c14-8-2-3-9(15)10(6-8)17-12(20)16-7-13(11(18)19)4-1-5-13/h2-3,6H,1,4-5,7H2,(H,18,19)(H2,16,17,20). The molecule has 0 heterocycles. The van der Waals surface area contributed by atoms with Crippen LogP contribution in [0.5, 0.6) is 0 Å². The first-order chi connectivity index (χ1) is 9.43. The number of carbonyl (C=O) groups excluding carboxylic acids is 1. The molecule has 2 amide bonds. The van der Waals surface area contributed by atoms with Crippen LogP contribution >= 0.6 is 0 Å². The van der Waals surface area contributed by atoms with E-state index in [1.54, 1.807) is 0 Å². The Kier molecular flexibility index (Phi) is 3.87. The fourth-order valence-electron chi connectivity index (χ4n) is 2.08. The molecule has 20 heavy (non-hydrogen) atoms. The lowest BCUT2D eigenvalue weighted by molar-refractivity contribution is -0.153. The largest absolute Gasteiger partial charge is 0.481 e. The third kappa shape index (κ3) is 2.87. The van der Waals surface area contributed by atoms with Gasteiger partial charge >= 0.3 is 12.0 Å². The van der Waals surface area contributed by atoms with E-state index in [1.807, 2.05) is 0 Å². The Morgan fingerprint density at radius 1 is 1.30 bits per heavy atom. The van der Waals surface area contributed by atoms with Crippen LogP contribution in [0.2, 0.25) is 0 Å². The molecule has 0 aromatic heterocycles. The van der Waals surface area contributed by atoms with E-state index in [-0.39, 0.29) is 12.2 Å². The van der Waals surface area contributed by atoms with Gasteiger partial charge in [-0.15, -0.1) is 0 Å². The fourth-order valence-corrected chi connectivity index (χ4v) is 2.08. The van der Waals surface area contributed by atoms with E-state index in [2.05, 4.69) is 10.6 Å². The van der Waals surface area contributed by atoms with Crippen LogP contribution in [0, 0.1) is 17.0 Å². The van der Waals surface area contributed by atoms with Crippen LogP contribution in [0.4, 0.5) is 19.3 Å². The molecule has 0 spiro atoms. The molecule has 0 bridgehead atoms. The predicted molar refractivity (Wildman–Crippen MR) is 67.3 cm³/mol. The second-order valence-electron chi connectivity index (χ2n) is 4.87. The number of carbonyl (C=O) groups is 2. The van der Waals surface area contributed by atoms with Gasteiger partial charge in [-0.25, -0.2) is 13.6 Å². The summed E-state index contributed by atoms with van der Waals surface area (Å²) in [6.45, 7) is -0.0366. The summed E-state index contributed by atoms with van der Waals surface area (Å²) >= 11 is 0. The second-order valence-corrected chi connectivity index (χ2v) is 4.87. The molecule has 0 atom stereocenters. The van der Waals surface area contributed by atoms with Crippen LogP contribution in [0.25, 0.3) is 0 Å². The zero-order valence-electron chi connectivity index (χ0n) is 10.6. The second kappa shape index (κ2) is 5.44. The number of carboxylic acid groups (broad SMARTS) is 1. The highest BCUT2D eigenvalue weighted by Crippen LogP contribution is 2.40. The van der Waals surface area contributed by atoms with Gasteiger partial charge in [0.2, 0.25) is 0 Å². The van der Waals surface area contributed by atoms with Gasteiger partial charge in [0.15, 0.2) is 0 Å². The van der Waals surface area contributed by atoms with Crippen molar-refractivity contribution < 1.29 is 23.5 Å². The third-order valence-corrected chi connectivity index (χ3v) is 3.53. The fraction of sp³-hybridized carbons (Fsp3) is 0.385. The Hall–Kier alpha value is -2.18. The number of aliphatic carboxylic acids is 1. The first kappa shape index (κ1) is 14.2. The van der Waals surface area contributed by atoms with Gasteiger partial charge in [-0.05, 0) is 25.0 Å². The third-order valence-electron chi connectivity index (χ3n) is 3.53. The van der Waals surface area contributed by atoms with Gasteiger partial charge < -0.3 is 15.7 Å². The Labute approximate surface area is 114 Å². The molecule has 3 N–H and O–H groups in total. The van der Waals surface area contributed by atoms with E-state index in [0.29, 0.717) is 12.8 Å². The molecule has 1 aromatic carbocycles. The van der Waals surface area contributed by atoms with E-state index >= 15 is 0 Å². The van der Waals surface area contributed by atoms with Crippen LogP contribution in [-0.4, -0.2) is 23.7 Å². The normalized spacial score (nSPS) is 16.1. The number of hydrogen-bond acceptors (Lipinski definition) is 2. The van der Waals surface area contributed by atoms with Crippen molar-refractivity contribution in [3.8, 4) is 0 Å². The Bertz CT molecular complexity index is 544. The van der Waals surface area contributed by atoms with E-state index in [1.165, 1.54) is 0 Å². The summed E-state index contributed by atoms with van der Waals surface area (Å²) in [4.78, 5) is 22.7. The maximum absolute atomic E-state index is 13.3. The summed E-state index contributed by atoms with van der Waals surface area (Å²) in [5, 5.41) is 13.6. The van der Waals surface area contributed by atoms with Crippen molar-refractivity contribution in [2.45, 2.75) is 19.3 Å². The lowest BCUT2D eigenvalue weighted by Crippen LogP contribution is -2.48. The van der Waals surface area contributed by atoms with Crippen molar-refractivity contribution in [1.29, 1.82) is 0 Å². The maximum atomic E-state index is 13.3. The number of hydrogen-bond donors (Lipinski definition) is 3. The number of carboxylic acids is 1. The Morgan fingerprint density at radius 3 is 2.55 bits per heavy atom. The van der Waals surface area contributed by atoms with E-state index in [0.717, 1.165) is 24.6 Å². The van der Waals surface area contributed by atoms with Crippen molar-refractivity contribution >= 4 is 17.7 Å². The van der Waals surface area contributed by atoms with Crippen molar-refractivity contribution in [2.24, 2.45) is 5.41 Å². The smallest absolute Gasteiger partial charge is 0.319 e. The number of amides is 2. The maximum Gasteiger partial charge on any atom is 0.319 e. The monoisotopic (exact) mass is 284 g/mol. The van der Waals surface area contributed by atoms with Gasteiger partial charge in [-0.2, -0.15) is 0 Å². The van der Waals surface area contributed by atoms with Gasteiger partial charge in [0, 0.05) is 12.6 Å². The highest BCUT2D eigenvalue weighted by atomic mass is 19.1. The van der Waals surface area contributed by atoms with Crippen LogP contribution in [0.15, 0.2) is 18.2 Å². The zero-order valence-corrected chi connectivity index (χ0v) is 10.6. The Morgan fingerprint density at radius 2 is 2.00 bits per heavy atom. The van der Waals surface area contributed by atoms with E-state index in [4.69, 9.17) is 5.11 Å². The average Bonchev–Trinajstić information content (AvgIpc) is 2.32. The molecule has 108 valence electrons. The molecule has 0 aliphatic heterocycles. The van der Waals surface area contributed by atoms with Gasteiger partial charge in [0.1, 0.15) is 11.6 Å². The summed E-state index contributed by atoms with van der Waals surface area (Å²) < 4.78 is 26.2. The molecule has 1 fully saturated rings. The summed E-state index contributed by atoms with van der Waals surface area (Å²) in [6.07, 6.45) is 1.79. The van der Waals surface area contributed by atoms with Crippen molar-refractivity contribution in [3.63, 3.8) is 0 Å². The molecular formula is C13H14F2N2O3. The summed E-state index contributed by atoms with van der Waals surface area (Å²) in [5.41, 5.74) is -1.22. The minimum atomic E-state index is -0.957. The molecule has 1 aromatic rings. The molecule has 7 heteroatoms. The summed E-state index contributed by atoms with van der Waals surface area (Å²) in [7, 11) is 0. The molecule has 0 unspecified atom stereocenters. The number of nitrogens with one attached hydrogen (secondary N) is 2. The predicted octanol–water partition coefficient (Wildman–Crippen LogP) is 2.34. The average molecular weight is 284 g/mol. The lowest BCUT2D eigenvalue weighted by Gasteiger charge is -2.37. The quantitative estimate of drug-likeness (QED) is 0.794. The summed E-state index contributed by atoms with van der Waals surface area (Å²) in [6, 6.07) is 1.93. The van der Waals surface area contributed by atoms with Crippen molar-refractivity contribution in [3.05, 3.63) is 29.8 Å².